The van der Waals surface area contributed by atoms with Crippen LogP contribution in [0.3, 0.4) is 0 Å². The molecule has 0 unspecified atom stereocenters. The molecule has 0 saturated heterocycles. The molecular formula is C7H11N3+2. The second-order valence-electron chi connectivity index (χ2n) is 2.15. The monoisotopic (exact) mass is 137 g/mol. The van der Waals surface area contributed by atoms with E-state index in [-0.39, 0.29) is 0 Å². The number of amidine groups is 1. The Morgan fingerprint density at radius 3 is 2.20 bits per heavy atom. The van der Waals surface area contributed by atoms with Crippen molar-refractivity contribution >= 4 is 11.5 Å². The van der Waals surface area contributed by atoms with Crippen molar-refractivity contribution in [3.63, 3.8) is 0 Å². The zero-order valence-electron chi connectivity index (χ0n) is 5.67. The third-order valence-electron chi connectivity index (χ3n) is 1.28. The molecule has 0 aliphatic heterocycles. The Bertz CT molecular complexity index is 238. The Hall–Kier alpha value is -1.35. The van der Waals surface area contributed by atoms with Gasteiger partial charge in [-0.2, -0.15) is 0 Å². The van der Waals surface area contributed by atoms with Crippen LogP contribution in [0.15, 0.2) is 24.3 Å². The van der Waals surface area contributed by atoms with Gasteiger partial charge in [-0.3, -0.25) is 5.73 Å². The molecule has 0 radical (unpaired) electrons. The fourth-order valence-corrected chi connectivity index (χ4v) is 0.697. The van der Waals surface area contributed by atoms with Crippen molar-refractivity contribution in [1.82, 2.24) is 0 Å². The van der Waals surface area contributed by atoms with Crippen LogP contribution in [0.2, 0.25) is 0 Å². The Kier molecular flexibility index (Phi) is 1.69. The third kappa shape index (κ3) is 1.33. The van der Waals surface area contributed by atoms with Gasteiger partial charge in [-0.25, -0.2) is 5.41 Å². The maximum absolute atomic E-state index is 5.46. The highest BCUT2D eigenvalue weighted by Crippen LogP contribution is 2.02. The van der Waals surface area contributed by atoms with Gasteiger partial charge in [-0.05, 0) is 24.3 Å². The Morgan fingerprint density at radius 2 is 1.80 bits per heavy atom. The molecule has 1 aromatic carbocycles. The summed E-state index contributed by atoms with van der Waals surface area (Å²) < 4.78 is 0. The fourth-order valence-electron chi connectivity index (χ4n) is 0.697. The minimum atomic E-state index is 0.569. The molecule has 0 aromatic heterocycles. The lowest BCUT2D eigenvalue weighted by Gasteiger charge is -1.90. The lowest BCUT2D eigenvalue weighted by atomic mass is 10.2. The molecule has 0 atom stereocenters. The molecule has 1 aromatic rings. The first-order chi connectivity index (χ1) is 4.70. The van der Waals surface area contributed by atoms with Gasteiger partial charge in [0.05, 0.1) is 0 Å². The number of hydrogen-bond acceptors (Lipinski definition) is 1. The molecule has 0 aliphatic rings. The molecule has 1 rings (SSSR count). The van der Waals surface area contributed by atoms with E-state index < -0.39 is 0 Å². The van der Waals surface area contributed by atoms with E-state index in [4.69, 9.17) is 11.1 Å². The normalized spacial score (nSPS) is 9.30. The standard InChI is InChI=1S/C7H9N3/c8-6-3-1-5(2-4-6)7(9)10/h1-4H,8H2,(H3,9,10)/p+2. The van der Waals surface area contributed by atoms with Crippen molar-refractivity contribution in [3.05, 3.63) is 29.8 Å². The Balaban J connectivity index is 3.00. The van der Waals surface area contributed by atoms with Crippen molar-refractivity contribution in [2.24, 2.45) is 0 Å². The van der Waals surface area contributed by atoms with Crippen LogP contribution in [0.4, 0.5) is 5.69 Å². The van der Waals surface area contributed by atoms with Gasteiger partial charge in [-0.15, -0.1) is 0 Å². The highest BCUT2D eigenvalue weighted by molar-refractivity contribution is 5.85. The lowest BCUT2D eigenvalue weighted by Crippen LogP contribution is -2.70. The molecule has 3 heteroatoms. The van der Waals surface area contributed by atoms with E-state index in [9.17, 15) is 0 Å². The van der Waals surface area contributed by atoms with Crippen molar-refractivity contribution < 1.29 is 11.1 Å². The molecule has 0 fully saturated rings. The van der Waals surface area contributed by atoms with Gasteiger partial charge >= 0.3 is 5.84 Å². The topological polar surface area (TPSA) is 79.2 Å². The summed E-state index contributed by atoms with van der Waals surface area (Å²) in [6, 6.07) is 7.29. The van der Waals surface area contributed by atoms with Gasteiger partial charge < -0.3 is 5.73 Å². The van der Waals surface area contributed by atoms with Gasteiger partial charge in [0.25, 0.3) is 0 Å². The summed E-state index contributed by atoms with van der Waals surface area (Å²) in [5.74, 6) is 0.569. The second kappa shape index (κ2) is 2.49. The largest absolute Gasteiger partial charge is 0.399 e. The number of quaternary nitrogens is 1. The zero-order valence-corrected chi connectivity index (χ0v) is 5.67. The molecule has 7 N–H and O–H groups in total. The second-order valence-corrected chi connectivity index (χ2v) is 2.15. The van der Waals surface area contributed by atoms with Gasteiger partial charge in [0, 0.05) is 5.69 Å². The van der Waals surface area contributed by atoms with Crippen LogP contribution in [0.5, 0.6) is 0 Å². The fraction of sp³-hybridized carbons (Fsp3) is 0. The zero-order chi connectivity index (χ0) is 7.56. The third-order valence-corrected chi connectivity index (χ3v) is 1.28. The van der Waals surface area contributed by atoms with Crippen LogP contribution in [0.25, 0.3) is 0 Å². The molecule has 52 valence electrons. The summed E-state index contributed by atoms with van der Waals surface area (Å²) in [6.07, 6.45) is 0. The molecule has 0 spiro atoms. The minimum Gasteiger partial charge on any atom is -0.399 e. The van der Waals surface area contributed by atoms with E-state index >= 15 is 0 Å². The van der Waals surface area contributed by atoms with Crippen LogP contribution >= 0.6 is 0 Å². The van der Waals surface area contributed by atoms with Crippen LogP contribution in [0.1, 0.15) is 5.56 Å². The minimum absolute atomic E-state index is 0.569. The number of nitrogens with two attached hydrogens (primary N) is 2. The summed E-state index contributed by atoms with van der Waals surface area (Å²) in [7, 11) is 0. The van der Waals surface area contributed by atoms with E-state index in [2.05, 4.69) is 5.73 Å². The summed E-state index contributed by atoms with van der Waals surface area (Å²) in [6.45, 7) is 0. The van der Waals surface area contributed by atoms with E-state index in [1.54, 1.807) is 12.1 Å². The predicted molar refractivity (Wildman–Crippen MR) is 39.8 cm³/mol. The highest BCUT2D eigenvalue weighted by atomic mass is 14.7. The first kappa shape index (κ1) is 6.77. The Morgan fingerprint density at radius 1 is 1.30 bits per heavy atom. The van der Waals surface area contributed by atoms with E-state index in [1.165, 1.54) is 0 Å². The smallest absolute Gasteiger partial charge is 0.362 e. The van der Waals surface area contributed by atoms with Crippen molar-refractivity contribution in [2.45, 2.75) is 0 Å². The highest BCUT2D eigenvalue weighted by Gasteiger charge is 2.02. The number of hydrogen-bond donors (Lipinski definition) is 3. The molecule has 3 nitrogen and oxygen atoms in total. The number of rotatable bonds is 1. The summed E-state index contributed by atoms with van der Waals surface area (Å²) in [5.41, 5.74) is 10.7. The SMILES string of the molecule is Nc1ccc(C(=[NH2+])[NH3+])cc1. The van der Waals surface area contributed by atoms with Gasteiger partial charge in [0.15, 0.2) is 0 Å². The lowest BCUT2D eigenvalue weighted by molar-refractivity contribution is -0.298. The number of anilines is 1. The first-order valence-electron chi connectivity index (χ1n) is 3.00. The predicted octanol–water partition coefficient (Wildman–Crippen LogP) is -1.98. The molecule has 0 bridgehead atoms. The van der Waals surface area contributed by atoms with E-state index in [0.717, 1.165) is 11.3 Å². The van der Waals surface area contributed by atoms with Crippen molar-refractivity contribution in [3.8, 4) is 0 Å². The summed E-state index contributed by atoms with van der Waals surface area (Å²) >= 11 is 0. The van der Waals surface area contributed by atoms with Gasteiger partial charge in [0.1, 0.15) is 5.56 Å². The quantitative estimate of drug-likeness (QED) is 0.234. The first-order valence-corrected chi connectivity index (χ1v) is 3.00. The van der Waals surface area contributed by atoms with E-state index in [1.807, 2.05) is 12.1 Å². The van der Waals surface area contributed by atoms with Crippen LogP contribution < -0.4 is 16.9 Å². The van der Waals surface area contributed by atoms with Crippen molar-refractivity contribution in [1.29, 1.82) is 0 Å². The van der Waals surface area contributed by atoms with Crippen LogP contribution in [-0.4, -0.2) is 5.84 Å². The molecule has 0 saturated carbocycles. The summed E-state index contributed by atoms with van der Waals surface area (Å²) in [5, 5.41) is 5.43. The van der Waals surface area contributed by atoms with Crippen LogP contribution in [-0.2, 0) is 0 Å². The maximum atomic E-state index is 5.46. The van der Waals surface area contributed by atoms with Crippen LogP contribution in [0, 0.1) is 0 Å². The molecule has 10 heavy (non-hydrogen) atoms. The Labute approximate surface area is 59.2 Å². The average molecular weight is 137 g/mol. The molecule has 0 aliphatic carbocycles. The van der Waals surface area contributed by atoms with E-state index in [0.29, 0.717) is 5.84 Å². The molecule has 0 amide bonds. The number of nitrogen functional groups attached to an aromatic ring is 1. The van der Waals surface area contributed by atoms with Gasteiger partial charge in [0.2, 0.25) is 0 Å². The van der Waals surface area contributed by atoms with Crippen molar-refractivity contribution in [2.75, 3.05) is 5.73 Å². The average Bonchev–Trinajstić information content (AvgIpc) is 1.88. The summed E-state index contributed by atoms with van der Waals surface area (Å²) in [4.78, 5) is 0. The molecule has 0 heterocycles. The van der Waals surface area contributed by atoms with Gasteiger partial charge in [-0.1, -0.05) is 0 Å². The molecular weight excluding hydrogens is 126 g/mol. The number of benzene rings is 1. The maximum Gasteiger partial charge on any atom is 0.362 e.